The Morgan fingerprint density at radius 2 is 1.14 bits per heavy atom. The van der Waals surface area contributed by atoms with Gasteiger partial charge in [-0.15, -0.1) is 0 Å². The fourth-order valence-electron chi connectivity index (χ4n) is 3.38. The molecule has 0 radical (unpaired) electrons. The van der Waals surface area contributed by atoms with Crippen LogP contribution in [0.25, 0.3) is 0 Å². The van der Waals surface area contributed by atoms with E-state index in [4.69, 9.17) is 5.73 Å². The van der Waals surface area contributed by atoms with E-state index in [1.54, 1.807) is 0 Å². The molecule has 1 aromatic rings. The van der Waals surface area contributed by atoms with Crippen LogP contribution in [0.1, 0.15) is 115 Å². The first-order valence-corrected chi connectivity index (χ1v) is 12.0. The molecular formula is C26H45NO2. The summed E-state index contributed by atoms with van der Waals surface area (Å²) in [5, 5.41) is 0. The van der Waals surface area contributed by atoms with Gasteiger partial charge >= 0.3 is 0 Å². The Balaban J connectivity index is 0.000000717. The SMILES string of the molecule is CCCCCCCCCCCCCCCCCC(N)=O.O=CCc1ccccc1. The summed E-state index contributed by atoms with van der Waals surface area (Å²) < 4.78 is 0. The van der Waals surface area contributed by atoms with Crippen molar-refractivity contribution in [3.05, 3.63) is 35.9 Å². The molecular weight excluding hydrogens is 358 g/mol. The molecule has 0 bridgehead atoms. The Labute approximate surface area is 179 Å². The van der Waals surface area contributed by atoms with E-state index in [2.05, 4.69) is 6.92 Å². The lowest BCUT2D eigenvalue weighted by atomic mass is 10.0. The molecule has 0 fully saturated rings. The number of carbonyl (C=O) groups is 2. The zero-order valence-corrected chi connectivity index (χ0v) is 18.9. The number of benzene rings is 1. The molecule has 29 heavy (non-hydrogen) atoms. The van der Waals surface area contributed by atoms with Crippen molar-refractivity contribution in [3.63, 3.8) is 0 Å². The van der Waals surface area contributed by atoms with Crippen molar-refractivity contribution in [2.45, 2.75) is 116 Å². The van der Waals surface area contributed by atoms with E-state index in [1.807, 2.05) is 30.3 Å². The van der Waals surface area contributed by atoms with Crippen molar-refractivity contribution < 1.29 is 9.59 Å². The lowest BCUT2D eigenvalue weighted by Gasteiger charge is -2.03. The first-order valence-electron chi connectivity index (χ1n) is 12.0. The Morgan fingerprint density at radius 3 is 1.52 bits per heavy atom. The van der Waals surface area contributed by atoms with E-state index in [0.29, 0.717) is 12.8 Å². The van der Waals surface area contributed by atoms with Gasteiger partial charge in [0.2, 0.25) is 5.91 Å². The summed E-state index contributed by atoms with van der Waals surface area (Å²) in [6.07, 6.45) is 22.3. The average Bonchev–Trinajstić information content (AvgIpc) is 2.72. The third-order valence-electron chi connectivity index (χ3n) is 5.19. The summed E-state index contributed by atoms with van der Waals surface area (Å²) in [6.45, 7) is 2.28. The molecule has 3 nitrogen and oxygen atoms in total. The van der Waals surface area contributed by atoms with Crippen LogP contribution >= 0.6 is 0 Å². The third-order valence-corrected chi connectivity index (χ3v) is 5.19. The summed E-state index contributed by atoms with van der Waals surface area (Å²) >= 11 is 0. The van der Waals surface area contributed by atoms with E-state index in [1.165, 1.54) is 89.9 Å². The number of aldehydes is 1. The zero-order chi connectivity index (χ0) is 21.4. The van der Waals surface area contributed by atoms with Crippen molar-refractivity contribution in [1.82, 2.24) is 0 Å². The zero-order valence-electron chi connectivity index (χ0n) is 18.9. The fourth-order valence-corrected chi connectivity index (χ4v) is 3.38. The van der Waals surface area contributed by atoms with Gasteiger partial charge in [0.1, 0.15) is 6.29 Å². The quantitative estimate of drug-likeness (QED) is 0.209. The number of hydrogen-bond acceptors (Lipinski definition) is 2. The second-order valence-corrected chi connectivity index (χ2v) is 8.02. The normalized spacial score (nSPS) is 10.2. The molecule has 1 aromatic carbocycles. The molecule has 0 saturated carbocycles. The predicted octanol–water partition coefficient (Wildman–Crippen LogP) is 7.16. The van der Waals surface area contributed by atoms with Crippen LogP contribution in [0.15, 0.2) is 30.3 Å². The number of carbonyl (C=O) groups excluding carboxylic acids is 2. The predicted molar refractivity (Wildman–Crippen MR) is 125 cm³/mol. The Bertz CT molecular complexity index is 473. The van der Waals surface area contributed by atoms with Gasteiger partial charge in [-0.2, -0.15) is 0 Å². The standard InChI is InChI=1S/C18H37NO.C8H8O/c1-2-3-4-5-6-7-8-9-10-11-12-13-14-15-16-17-18(19)20;9-7-6-8-4-2-1-3-5-8/h2-17H2,1H3,(H2,19,20);1-5,7H,6H2. The van der Waals surface area contributed by atoms with Gasteiger partial charge in [0, 0.05) is 12.8 Å². The molecule has 3 heteroatoms. The molecule has 166 valence electrons. The van der Waals surface area contributed by atoms with Crippen molar-refractivity contribution >= 4 is 12.2 Å². The molecule has 0 atom stereocenters. The highest BCUT2D eigenvalue weighted by atomic mass is 16.1. The highest BCUT2D eigenvalue weighted by molar-refractivity contribution is 5.73. The van der Waals surface area contributed by atoms with E-state index < -0.39 is 0 Å². The van der Waals surface area contributed by atoms with Crippen LogP contribution in [-0.4, -0.2) is 12.2 Å². The monoisotopic (exact) mass is 403 g/mol. The number of amides is 1. The summed E-state index contributed by atoms with van der Waals surface area (Å²) in [5.74, 6) is -0.153. The van der Waals surface area contributed by atoms with Gasteiger partial charge in [-0.1, -0.05) is 127 Å². The molecule has 1 rings (SSSR count). The highest BCUT2D eigenvalue weighted by Gasteiger charge is 1.96. The van der Waals surface area contributed by atoms with Crippen LogP contribution < -0.4 is 5.73 Å². The van der Waals surface area contributed by atoms with Crippen LogP contribution in [0.5, 0.6) is 0 Å². The van der Waals surface area contributed by atoms with Gasteiger partial charge in [0.15, 0.2) is 0 Å². The Hall–Kier alpha value is -1.64. The summed E-state index contributed by atoms with van der Waals surface area (Å²) in [4.78, 5) is 20.5. The maximum Gasteiger partial charge on any atom is 0.217 e. The lowest BCUT2D eigenvalue weighted by molar-refractivity contribution is -0.118. The van der Waals surface area contributed by atoms with Gasteiger partial charge < -0.3 is 10.5 Å². The molecule has 1 amide bonds. The van der Waals surface area contributed by atoms with Crippen LogP contribution in [0.2, 0.25) is 0 Å². The second-order valence-electron chi connectivity index (χ2n) is 8.02. The van der Waals surface area contributed by atoms with Crippen molar-refractivity contribution in [1.29, 1.82) is 0 Å². The molecule has 0 heterocycles. The largest absolute Gasteiger partial charge is 0.370 e. The van der Waals surface area contributed by atoms with Crippen molar-refractivity contribution in [2.75, 3.05) is 0 Å². The fraction of sp³-hybridized carbons (Fsp3) is 0.692. The second kappa shape index (κ2) is 22.6. The van der Waals surface area contributed by atoms with Crippen LogP contribution in [-0.2, 0) is 16.0 Å². The smallest absolute Gasteiger partial charge is 0.217 e. The molecule has 0 aliphatic carbocycles. The summed E-state index contributed by atoms with van der Waals surface area (Å²) in [6, 6.07) is 9.68. The van der Waals surface area contributed by atoms with Gasteiger partial charge in [-0.3, -0.25) is 4.79 Å². The van der Waals surface area contributed by atoms with Crippen LogP contribution in [0, 0.1) is 0 Å². The number of rotatable bonds is 18. The minimum Gasteiger partial charge on any atom is -0.370 e. The highest BCUT2D eigenvalue weighted by Crippen LogP contribution is 2.13. The number of hydrogen-bond donors (Lipinski definition) is 1. The van der Waals surface area contributed by atoms with Crippen LogP contribution in [0.4, 0.5) is 0 Å². The van der Waals surface area contributed by atoms with Crippen molar-refractivity contribution in [3.8, 4) is 0 Å². The average molecular weight is 404 g/mol. The summed E-state index contributed by atoms with van der Waals surface area (Å²) in [7, 11) is 0. The molecule has 2 N–H and O–H groups in total. The number of unbranched alkanes of at least 4 members (excludes halogenated alkanes) is 14. The topological polar surface area (TPSA) is 60.2 Å². The molecule has 0 spiro atoms. The minimum atomic E-state index is -0.153. The van der Waals surface area contributed by atoms with Crippen LogP contribution in [0.3, 0.4) is 0 Å². The third kappa shape index (κ3) is 22.5. The molecule has 0 aliphatic rings. The molecule has 0 unspecified atom stereocenters. The van der Waals surface area contributed by atoms with Gasteiger partial charge in [-0.25, -0.2) is 0 Å². The van der Waals surface area contributed by atoms with E-state index in [9.17, 15) is 9.59 Å². The number of primary amides is 1. The van der Waals surface area contributed by atoms with Gasteiger partial charge in [-0.05, 0) is 12.0 Å². The lowest BCUT2D eigenvalue weighted by Crippen LogP contribution is -2.09. The van der Waals surface area contributed by atoms with Crippen molar-refractivity contribution in [2.24, 2.45) is 5.73 Å². The van der Waals surface area contributed by atoms with Gasteiger partial charge in [0.05, 0.1) is 0 Å². The molecule has 0 saturated heterocycles. The molecule has 0 aliphatic heterocycles. The first-order chi connectivity index (χ1) is 14.2. The van der Waals surface area contributed by atoms with Gasteiger partial charge in [0.25, 0.3) is 0 Å². The van der Waals surface area contributed by atoms with E-state index >= 15 is 0 Å². The summed E-state index contributed by atoms with van der Waals surface area (Å²) in [5.41, 5.74) is 6.18. The number of nitrogens with two attached hydrogens (primary N) is 1. The maximum absolute atomic E-state index is 10.6. The van der Waals surface area contributed by atoms with E-state index in [-0.39, 0.29) is 5.91 Å². The Kier molecular flexibility index (Phi) is 21.4. The maximum atomic E-state index is 10.6. The Morgan fingerprint density at radius 1 is 0.724 bits per heavy atom. The first kappa shape index (κ1) is 27.4. The van der Waals surface area contributed by atoms with E-state index in [0.717, 1.165) is 18.3 Å². The molecule has 0 aromatic heterocycles. The minimum absolute atomic E-state index is 0.153.